The van der Waals surface area contributed by atoms with Crippen LogP contribution in [0.25, 0.3) is 6.08 Å². The van der Waals surface area contributed by atoms with Crippen molar-refractivity contribution >= 4 is 22.8 Å². The highest BCUT2D eigenvalue weighted by Crippen LogP contribution is 2.47. The molecule has 0 spiro atoms. The summed E-state index contributed by atoms with van der Waals surface area (Å²) >= 11 is 0. The number of aliphatic carboxylic acids is 1. The average molecular weight is 361 g/mol. The molecule has 3 rings (SSSR count). The van der Waals surface area contributed by atoms with E-state index >= 15 is 0 Å². The number of hydrogen-bond donors (Lipinski definition) is 1. The van der Waals surface area contributed by atoms with Gasteiger partial charge in [0.1, 0.15) is 11.3 Å². The summed E-state index contributed by atoms with van der Waals surface area (Å²) in [7, 11) is -1.21. The molecule has 1 fully saturated rings. The Morgan fingerprint density at radius 2 is 1.88 bits per heavy atom. The number of ether oxygens (including phenoxy) is 1. The van der Waals surface area contributed by atoms with Gasteiger partial charge in [-0.05, 0) is 12.1 Å². The minimum absolute atomic E-state index is 0.0356. The molecule has 0 bridgehead atoms. The standard InChI is InChI=1S/C15H14F3NO4S/c16-15(17,18)14(19-5-7-24(22)8-6-19)11(13(20)21)9-10-3-1-2-4-12(10)23-14/h1-4,9H,5-8H2,(H,20,21). The maximum absolute atomic E-state index is 14.0. The van der Waals surface area contributed by atoms with E-state index in [0.717, 1.165) is 11.0 Å². The fourth-order valence-electron chi connectivity index (χ4n) is 2.94. The molecule has 0 aliphatic carbocycles. The second-order valence-corrected chi connectivity index (χ2v) is 7.18. The number of alkyl halides is 3. The Bertz CT molecular complexity index is 724. The summed E-state index contributed by atoms with van der Waals surface area (Å²) in [5.41, 5.74) is -3.70. The first-order chi connectivity index (χ1) is 11.3. The number of halogens is 3. The van der Waals surface area contributed by atoms with Crippen LogP contribution in [-0.4, -0.2) is 56.7 Å². The minimum Gasteiger partial charge on any atom is -0.478 e. The topological polar surface area (TPSA) is 66.8 Å². The number of carbonyl (C=O) groups is 1. The maximum atomic E-state index is 14.0. The highest BCUT2D eigenvalue weighted by molar-refractivity contribution is 7.85. The van der Waals surface area contributed by atoms with E-state index in [0.29, 0.717) is 0 Å². The third-order valence-corrected chi connectivity index (χ3v) is 5.36. The third-order valence-electron chi connectivity index (χ3n) is 4.08. The molecule has 1 saturated heterocycles. The van der Waals surface area contributed by atoms with Crippen molar-refractivity contribution in [3.05, 3.63) is 35.4 Å². The Kier molecular flexibility index (Phi) is 4.16. The van der Waals surface area contributed by atoms with E-state index in [1.165, 1.54) is 18.2 Å². The lowest BCUT2D eigenvalue weighted by Gasteiger charge is -2.47. The molecule has 0 amide bonds. The molecule has 130 valence electrons. The van der Waals surface area contributed by atoms with Gasteiger partial charge in [0, 0.05) is 41.0 Å². The first-order valence-corrected chi connectivity index (χ1v) is 8.65. The Morgan fingerprint density at radius 3 is 2.46 bits per heavy atom. The number of hydrogen-bond acceptors (Lipinski definition) is 4. The SMILES string of the molecule is O=C(O)C1=Cc2ccccc2OC1(N1CCS(=O)CC1)C(F)(F)F. The molecular weight excluding hydrogens is 347 g/mol. The molecule has 0 radical (unpaired) electrons. The van der Waals surface area contributed by atoms with Gasteiger partial charge in [0.15, 0.2) is 0 Å². The summed E-state index contributed by atoms with van der Waals surface area (Å²) in [4.78, 5) is 12.5. The lowest BCUT2D eigenvalue weighted by Crippen LogP contribution is -2.68. The molecule has 24 heavy (non-hydrogen) atoms. The molecule has 1 unspecified atom stereocenters. The summed E-state index contributed by atoms with van der Waals surface area (Å²) in [6.07, 6.45) is -3.98. The van der Waals surface area contributed by atoms with Crippen molar-refractivity contribution in [3.63, 3.8) is 0 Å². The number of para-hydroxylation sites is 1. The van der Waals surface area contributed by atoms with Crippen molar-refractivity contribution in [1.82, 2.24) is 4.90 Å². The Hall–Kier alpha value is -1.87. The fourth-order valence-corrected chi connectivity index (χ4v) is 4.00. The monoisotopic (exact) mass is 361 g/mol. The molecule has 5 nitrogen and oxygen atoms in total. The summed E-state index contributed by atoms with van der Waals surface area (Å²) in [5.74, 6) is -1.66. The lowest BCUT2D eigenvalue weighted by molar-refractivity contribution is -0.286. The van der Waals surface area contributed by atoms with Gasteiger partial charge in [-0.3, -0.25) is 9.11 Å². The van der Waals surface area contributed by atoms with Crippen molar-refractivity contribution in [2.45, 2.75) is 11.9 Å². The largest absolute Gasteiger partial charge is 0.478 e. The molecule has 1 aromatic carbocycles. The van der Waals surface area contributed by atoms with E-state index in [2.05, 4.69) is 0 Å². The van der Waals surface area contributed by atoms with Gasteiger partial charge in [0.05, 0.1) is 0 Å². The maximum Gasteiger partial charge on any atom is 0.448 e. The van der Waals surface area contributed by atoms with E-state index in [4.69, 9.17) is 4.74 Å². The molecular formula is C15H14F3NO4S. The van der Waals surface area contributed by atoms with Gasteiger partial charge >= 0.3 is 12.1 Å². The molecule has 0 saturated carbocycles. The van der Waals surface area contributed by atoms with Crippen LogP contribution >= 0.6 is 0 Å². The van der Waals surface area contributed by atoms with Gasteiger partial charge in [-0.25, -0.2) is 4.79 Å². The number of carboxylic acid groups (broad SMARTS) is 1. The minimum atomic E-state index is -4.98. The summed E-state index contributed by atoms with van der Waals surface area (Å²) < 4.78 is 58.9. The average Bonchev–Trinajstić information content (AvgIpc) is 2.53. The Balaban J connectivity index is 2.17. The van der Waals surface area contributed by atoms with Crippen LogP contribution in [0.3, 0.4) is 0 Å². The molecule has 9 heteroatoms. The number of nitrogens with zero attached hydrogens (tertiary/aromatic N) is 1. The van der Waals surface area contributed by atoms with Crippen LogP contribution in [0, 0.1) is 0 Å². The second kappa shape index (κ2) is 5.89. The lowest BCUT2D eigenvalue weighted by atomic mass is 9.93. The molecule has 2 aliphatic rings. The van der Waals surface area contributed by atoms with Crippen molar-refractivity contribution in [2.24, 2.45) is 0 Å². The fraction of sp³-hybridized carbons (Fsp3) is 0.400. The number of rotatable bonds is 2. The molecule has 2 heterocycles. The molecule has 1 N–H and O–H groups in total. The summed E-state index contributed by atoms with van der Waals surface area (Å²) in [6, 6.07) is 5.96. The zero-order chi connectivity index (χ0) is 17.5. The van der Waals surface area contributed by atoms with Crippen molar-refractivity contribution in [3.8, 4) is 5.75 Å². The first kappa shape index (κ1) is 17.0. The van der Waals surface area contributed by atoms with Crippen LogP contribution in [0.5, 0.6) is 5.75 Å². The summed E-state index contributed by atoms with van der Waals surface area (Å²) in [6.45, 7) is -0.335. The molecule has 1 atom stereocenters. The third kappa shape index (κ3) is 2.61. The van der Waals surface area contributed by atoms with E-state index in [9.17, 15) is 27.3 Å². The Morgan fingerprint density at radius 1 is 1.25 bits per heavy atom. The van der Waals surface area contributed by atoms with Gasteiger partial charge in [0.2, 0.25) is 0 Å². The van der Waals surface area contributed by atoms with E-state index in [1.54, 1.807) is 6.07 Å². The van der Waals surface area contributed by atoms with Crippen LogP contribution in [0.2, 0.25) is 0 Å². The van der Waals surface area contributed by atoms with Crippen molar-refractivity contribution in [1.29, 1.82) is 0 Å². The quantitative estimate of drug-likeness (QED) is 0.871. The number of benzene rings is 1. The highest BCUT2D eigenvalue weighted by atomic mass is 32.2. The van der Waals surface area contributed by atoms with Crippen LogP contribution in [0.4, 0.5) is 13.2 Å². The van der Waals surface area contributed by atoms with Crippen LogP contribution in [-0.2, 0) is 15.6 Å². The van der Waals surface area contributed by atoms with Gasteiger partial charge in [-0.2, -0.15) is 13.2 Å². The van der Waals surface area contributed by atoms with Crippen molar-refractivity contribution in [2.75, 3.05) is 24.6 Å². The molecule has 1 aromatic rings. The van der Waals surface area contributed by atoms with E-state index in [1.807, 2.05) is 0 Å². The Labute approximate surface area is 138 Å². The zero-order valence-corrected chi connectivity index (χ0v) is 13.2. The molecule has 0 aromatic heterocycles. The van der Waals surface area contributed by atoms with Crippen molar-refractivity contribution < 1.29 is 32.0 Å². The van der Waals surface area contributed by atoms with Gasteiger partial charge < -0.3 is 9.84 Å². The number of fused-ring (bicyclic) bond motifs is 1. The van der Waals surface area contributed by atoms with Gasteiger partial charge in [0.25, 0.3) is 5.72 Å². The van der Waals surface area contributed by atoms with E-state index in [-0.39, 0.29) is 35.9 Å². The van der Waals surface area contributed by atoms with E-state index < -0.39 is 34.2 Å². The number of carboxylic acids is 1. The zero-order valence-electron chi connectivity index (χ0n) is 12.4. The van der Waals surface area contributed by atoms with Crippen LogP contribution < -0.4 is 4.74 Å². The van der Waals surface area contributed by atoms with Crippen LogP contribution in [0.1, 0.15) is 5.56 Å². The predicted octanol–water partition coefficient (Wildman–Crippen LogP) is 1.87. The highest BCUT2D eigenvalue weighted by Gasteiger charge is 2.66. The van der Waals surface area contributed by atoms with Gasteiger partial charge in [-0.1, -0.05) is 18.2 Å². The first-order valence-electron chi connectivity index (χ1n) is 7.16. The van der Waals surface area contributed by atoms with Crippen LogP contribution in [0.15, 0.2) is 29.8 Å². The summed E-state index contributed by atoms with van der Waals surface area (Å²) in [5, 5.41) is 9.41. The van der Waals surface area contributed by atoms with Gasteiger partial charge in [-0.15, -0.1) is 0 Å². The normalized spacial score (nSPS) is 25.5. The predicted molar refractivity (Wildman–Crippen MR) is 80.9 cm³/mol. The smallest absolute Gasteiger partial charge is 0.448 e. The molecule has 2 aliphatic heterocycles. The second-order valence-electron chi connectivity index (χ2n) is 5.48.